The maximum absolute atomic E-state index is 13.1. The zero-order valence-corrected chi connectivity index (χ0v) is 24.3. The van der Waals surface area contributed by atoms with Crippen LogP contribution in [0.25, 0.3) is 16.9 Å². The Morgan fingerprint density at radius 3 is 2.47 bits per heavy atom. The summed E-state index contributed by atoms with van der Waals surface area (Å²) in [6.07, 6.45) is 4.67. The molecule has 0 atom stereocenters. The highest BCUT2D eigenvalue weighted by Gasteiger charge is 2.37. The Labute approximate surface area is 248 Å². The van der Waals surface area contributed by atoms with Gasteiger partial charge in [-0.3, -0.25) is 14.8 Å². The van der Waals surface area contributed by atoms with Crippen molar-refractivity contribution < 1.29 is 18.0 Å². The van der Waals surface area contributed by atoms with Crippen LogP contribution in [0.3, 0.4) is 0 Å². The van der Waals surface area contributed by atoms with Crippen molar-refractivity contribution in [2.45, 2.75) is 45.2 Å². The van der Waals surface area contributed by atoms with E-state index in [2.05, 4.69) is 49.3 Å². The first kappa shape index (κ1) is 29.0. The maximum Gasteiger partial charge on any atom is 0.416 e. The Morgan fingerprint density at radius 2 is 1.72 bits per heavy atom. The van der Waals surface area contributed by atoms with Crippen molar-refractivity contribution in [1.82, 2.24) is 29.9 Å². The van der Waals surface area contributed by atoms with Crippen molar-refractivity contribution in [1.29, 1.82) is 0 Å². The van der Waals surface area contributed by atoms with Gasteiger partial charge in [-0.2, -0.15) is 13.2 Å². The summed E-state index contributed by atoms with van der Waals surface area (Å²) in [4.78, 5) is 25.9. The first-order valence-electron chi connectivity index (χ1n) is 14.6. The van der Waals surface area contributed by atoms with Crippen LogP contribution in [-0.4, -0.2) is 68.9 Å². The molecule has 0 unspecified atom stereocenters. The number of halogens is 3. The summed E-state index contributed by atoms with van der Waals surface area (Å²) < 4.78 is 40.9. The fraction of sp³-hybridized carbons (Fsp3) is 0.406. The van der Waals surface area contributed by atoms with Crippen LogP contribution in [0.1, 0.15) is 53.0 Å². The van der Waals surface area contributed by atoms with Gasteiger partial charge in [0.15, 0.2) is 5.78 Å². The van der Waals surface area contributed by atoms with Gasteiger partial charge in [-0.15, -0.1) is 5.10 Å². The molecule has 8 nitrogen and oxygen atoms in total. The van der Waals surface area contributed by atoms with E-state index >= 15 is 0 Å². The number of hydrogen-bond donors (Lipinski definition) is 0. The van der Waals surface area contributed by atoms with Crippen LogP contribution in [0.15, 0.2) is 61.1 Å². The number of hydrogen-bond acceptors (Lipinski definition) is 7. The molecule has 224 valence electrons. The molecule has 11 heteroatoms. The summed E-state index contributed by atoms with van der Waals surface area (Å²) in [6.45, 7) is 6.29. The SMILES string of the molecule is Cc1ncc(CC(=O)c2cc(C(F)(F)F)ccn2)cc1-n1cc(-c2cccc(N3CCC4(CCN(C)CC4)CC3)c2)nn1. The topological polar surface area (TPSA) is 80.0 Å². The number of nitrogens with zero attached hydrogens (tertiary/aromatic N) is 7. The van der Waals surface area contributed by atoms with Gasteiger partial charge in [0.2, 0.25) is 0 Å². The molecule has 0 amide bonds. The molecule has 5 heterocycles. The van der Waals surface area contributed by atoms with Gasteiger partial charge in [-0.25, -0.2) is 4.68 Å². The van der Waals surface area contributed by atoms with E-state index < -0.39 is 17.5 Å². The van der Waals surface area contributed by atoms with E-state index in [1.807, 2.05) is 25.3 Å². The van der Waals surface area contributed by atoms with E-state index in [1.54, 1.807) is 16.9 Å². The Balaban J connectivity index is 1.16. The largest absolute Gasteiger partial charge is 0.416 e. The van der Waals surface area contributed by atoms with Crippen molar-refractivity contribution in [3.05, 3.63) is 83.6 Å². The highest BCUT2D eigenvalue weighted by Crippen LogP contribution is 2.42. The number of carbonyl (C=O) groups is 1. The number of Topliss-reactive ketones (excluding diaryl/α,β-unsaturated/α-hetero) is 1. The second-order valence-corrected chi connectivity index (χ2v) is 11.9. The molecular formula is C32H34F3N7O. The summed E-state index contributed by atoms with van der Waals surface area (Å²) in [5.74, 6) is -0.529. The molecule has 0 N–H and O–H groups in total. The normalized spacial score (nSPS) is 17.4. The number of rotatable bonds is 6. The molecule has 0 bridgehead atoms. The van der Waals surface area contributed by atoms with Crippen molar-refractivity contribution in [2.75, 3.05) is 38.1 Å². The molecule has 2 saturated heterocycles. The van der Waals surface area contributed by atoms with Crippen LogP contribution in [0.4, 0.5) is 18.9 Å². The fourth-order valence-corrected chi connectivity index (χ4v) is 6.13. The standard InChI is InChI=1S/C32H34F3N7O/c1-22-29(16-23(20-37-22)17-30(43)27-19-25(6-11-36-27)32(33,34)35)42-21-28(38-39-42)24-4-3-5-26(18-24)41-14-9-31(10-15-41)7-12-40(2)13-8-31/h3-6,11,16,18-21H,7-10,12-15,17H2,1-2H3. The van der Waals surface area contributed by atoms with Crippen LogP contribution >= 0.6 is 0 Å². The highest BCUT2D eigenvalue weighted by molar-refractivity contribution is 5.95. The van der Waals surface area contributed by atoms with Gasteiger partial charge in [0.05, 0.1) is 23.1 Å². The summed E-state index contributed by atoms with van der Waals surface area (Å²) in [5, 5.41) is 8.75. The number of aromatic nitrogens is 5. The maximum atomic E-state index is 13.1. The first-order valence-corrected chi connectivity index (χ1v) is 14.6. The third-order valence-corrected chi connectivity index (χ3v) is 8.97. The number of pyridine rings is 2. The molecule has 6 rings (SSSR count). The van der Waals surface area contributed by atoms with Crippen molar-refractivity contribution >= 4 is 11.5 Å². The lowest BCUT2D eigenvalue weighted by molar-refractivity contribution is -0.137. The number of alkyl halides is 3. The zero-order valence-electron chi connectivity index (χ0n) is 24.3. The molecule has 0 saturated carbocycles. The zero-order chi connectivity index (χ0) is 30.2. The predicted octanol–water partition coefficient (Wildman–Crippen LogP) is 5.79. The summed E-state index contributed by atoms with van der Waals surface area (Å²) in [7, 11) is 2.21. The number of anilines is 1. The van der Waals surface area contributed by atoms with E-state index in [-0.39, 0.29) is 12.1 Å². The van der Waals surface area contributed by atoms with Crippen LogP contribution < -0.4 is 4.90 Å². The minimum atomic E-state index is -4.55. The summed E-state index contributed by atoms with van der Waals surface area (Å²) in [5.41, 5.74) is 4.02. The average molecular weight is 590 g/mol. The third kappa shape index (κ3) is 6.31. The number of ketones is 1. The summed E-state index contributed by atoms with van der Waals surface area (Å²) in [6, 6.07) is 11.7. The second kappa shape index (κ2) is 11.5. The number of piperidine rings is 2. The highest BCUT2D eigenvalue weighted by atomic mass is 19.4. The first-order chi connectivity index (χ1) is 20.6. The minimum absolute atomic E-state index is 0.147. The number of benzene rings is 1. The van der Waals surface area contributed by atoms with Crippen LogP contribution in [-0.2, 0) is 12.6 Å². The van der Waals surface area contributed by atoms with Gasteiger partial charge >= 0.3 is 6.18 Å². The second-order valence-electron chi connectivity index (χ2n) is 11.9. The van der Waals surface area contributed by atoms with Crippen LogP contribution in [0, 0.1) is 12.3 Å². The minimum Gasteiger partial charge on any atom is -0.371 e. The van der Waals surface area contributed by atoms with Crippen molar-refractivity contribution in [3.8, 4) is 16.9 Å². The van der Waals surface area contributed by atoms with Gasteiger partial charge in [0, 0.05) is 43.2 Å². The number of carbonyl (C=O) groups excluding carboxylic acids is 1. The Bertz CT molecular complexity index is 1620. The van der Waals surface area contributed by atoms with Crippen molar-refractivity contribution in [3.63, 3.8) is 0 Å². The third-order valence-electron chi connectivity index (χ3n) is 8.97. The lowest BCUT2D eigenvalue weighted by Gasteiger charge is -2.46. The fourth-order valence-electron chi connectivity index (χ4n) is 6.13. The van der Waals surface area contributed by atoms with Gasteiger partial charge < -0.3 is 9.80 Å². The lowest BCUT2D eigenvalue weighted by atomic mass is 9.71. The number of likely N-dealkylation sites (tertiary alicyclic amines) is 1. The van der Waals surface area contributed by atoms with E-state index in [9.17, 15) is 18.0 Å². The van der Waals surface area contributed by atoms with Gasteiger partial charge in [-0.1, -0.05) is 17.3 Å². The molecule has 0 radical (unpaired) electrons. The number of aryl methyl sites for hydroxylation is 1. The quantitative estimate of drug-likeness (QED) is 0.264. The monoisotopic (exact) mass is 589 g/mol. The van der Waals surface area contributed by atoms with E-state index in [4.69, 9.17) is 0 Å². The Kier molecular flexibility index (Phi) is 7.76. The smallest absolute Gasteiger partial charge is 0.371 e. The molecular weight excluding hydrogens is 555 g/mol. The molecule has 1 aromatic carbocycles. The Morgan fingerprint density at radius 1 is 0.977 bits per heavy atom. The van der Waals surface area contributed by atoms with E-state index in [0.717, 1.165) is 37.0 Å². The molecule has 1 spiro atoms. The molecule has 0 aliphatic carbocycles. The predicted molar refractivity (Wildman–Crippen MR) is 157 cm³/mol. The molecule has 3 aromatic heterocycles. The molecule has 2 fully saturated rings. The van der Waals surface area contributed by atoms with Gasteiger partial charge in [0.1, 0.15) is 11.4 Å². The molecule has 4 aromatic rings. The lowest BCUT2D eigenvalue weighted by Crippen LogP contribution is -2.46. The van der Waals surface area contributed by atoms with Gasteiger partial charge in [-0.05, 0) is 94.1 Å². The average Bonchev–Trinajstić information content (AvgIpc) is 3.50. The Hall–Kier alpha value is -4.12. The molecule has 43 heavy (non-hydrogen) atoms. The van der Waals surface area contributed by atoms with E-state index in [1.165, 1.54) is 44.5 Å². The van der Waals surface area contributed by atoms with Crippen LogP contribution in [0.5, 0.6) is 0 Å². The van der Waals surface area contributed by atoms with E-state index in [0.29, 0.717) is 28.1 Å². The van der Waals surface area contributed by atoms with Gasteiger partial charge in [0.25, 0.3) is 0 Å². The van der Waals surface area contributed by atoms with Crippen LogP contribution in [0.2, 0.25) is 0 Å². The molecule has 2 aliphatic heterocycles. The van der Waals surface area contributed by atoms with Crippen molar-refractivity contribution in [2.24, 2.45) is 5.41 Å². The molecule has 2 aliphatic rings. The summed E-state index contributed by atoms with van der Waals surface area (Å²) >= 11 is 0.